The number of Topliss-reactive ketones (excluding diaryl/α,β-unsaturated/α-hetero) is 1. The Balaban J connectivity index is 1.22. The summed E-state index contributed by atoms with van der Waals surface area (Å²) in [6.45, 7) is 4.24. The second-order valence-electron chi connectivity index (χ2n) is 9.20. The zero-order valence-corrected chi connectivity index (χ0v) is 18.6. The van der Waals surface area contributed by atoms with Gasteiger partial charge in [0.25, 0.3) is 0 Å². The smallest absolute Gasteiger partial charge is 0.319 e. The van der Waals surface area contributed by atoms with Crippen LogP contribution in [0, 0.1) is 17.7 Å². The lowest BCUT2D eigenvalue weighted by Crippen LogP contribution is -2.54. The molecule has 2 aromatic rings. The molecule has 6 heteroatoms. The SMILES string of the molecule is CC(=O)c1cccc(NC(=O)NCCCN2C[C@H]3CC[C@H]2[C@@H](Cc2ccc(F)cc2)C3)c1. The molecule has 170 valence electrons. The molecule has 2 amide bonds. The van der Waals surface area contributed by atoms with E-state index in [2.05, 4.69) is 15.5 Å². The molecule has 32 heavy (non-hydrogen) atoms. The van der Waals surface area contributed by atoms with Crippen LogP contribution in [0.25, 0.3) is 0 Å². The highest BCUT2D eigenvalue weighted by atomic mass is 19.1. The van der Waals surface area contributed by atoms with Crippen molar-refractivity contribution in [3.05, 3.63) is 65.5 Å². The summed E-state index contributed by atoms with van der Waals surface area (Å²) in [6.07, 6.45) is 5.71. The van der Waals surface area contributed by atoms with E-state index in [-0.39, 0.29) is 17.6 Å². The Kier molecular flexibility index (Phi) is 7.20. The Bertz CT molecular complexity index is 946. The molecule has 5 nitrogen and oxygen atoms in total. The minimum Gasteiger partial charge on any atom is -0.338 e. The van der Waals surface area contributed by atoms with Gasteiger partial charge in [0.2, 0.25) is 0 Å². The van der Waals surface area contributed by atoms with Gasteiger partial charge in [0.15, 0.2) is 5.78 Å². The van der Waals surface area contributed by atoms with E-state index >= 15 is 0 Å². The van der Waals surface area contributed by atoms with Gasteiger partial charge in [-0.15, -0.1) is 0 Å². The zero-order valence-electron chi connectivity index (χ0n) is 18.6. The van der Waals surface area contributed by atoms with E-state index < -0.39 is 0 Å². The van der Waals surface area contributed by atoms with Crippen LogP contribution >= 0.6 is 0 Å². The number of nitrogens with one attached hydrogen (secondary N) is 2. The molecule has 0 aromatic heterocycles. The van der Waals surface area contributed by atoms with Crippen LogP contribution in [0.4, 0.5) is 14.9 Å². The van der Waals surface area contributed by atoms with E-state index in [9.17, 15) is 14.0 Å². The van der Waals surface area contributed by atoms with Gasteiger partial charge in [0, 0.05) is 36.9 Å². The number of rotatable bonds is 8. The summed E-state index contributed by atoms with van der Waals surface area (Å²) < 4.78 is 13.2. The number of urea groups is 1. The molecule has 0 unspecified atom stereocenters. The molecule has 2 N–H and O–H groups in total. The molecule has 2 aromatic carbocycles. The number of hydrogen-bond donors (Lipinski definition) is 2. The predicted molar refractivity (Wildman–Crippen MR) is 124 cm³/mol. The van der Waals surface area contributed by atoms with Crippen molar-refractivity contribution in [2.75, 3.05) is 25.0 Å². The number of nitrogens with zero attached hydrogens (tertiary/aromatic N) is 1. The van der Waals surface area contributed by atoms with E-state index in [0.29, 0.717) is 29.8 Å². The van der Waals surface area contributed by atoms with Gasteiger partial charge in [-0.25, -0.2) is 9.18 Å². The molecule has 3 atom stereocenters. The molecule has 3 aliphatic rings. The van der Waals surface area contributed by atoms with Crippen LogP contribution in [0.1, 0.15) is 48.5 Å². The predicted octanol–water partition coefficient (Wildman–Crippen LogP) is 4.88. The largest absolute Gasteiger partial charge is 0.338 e. The second-order valence-corrected chi connectivity index (χ2v) is 9.20. The molecule has 1 aliphatic carbocycles. The first-order chi connectivity index (χ1) is 15.5. The lowest BCUT2D eigenvalue weighted by atomic mass is 9.70. The quantitative estimate of drug-likeness (QED) is 0.457. The summed E-state index contributed by atoms with van der Waals surface area (Å²) in [7, 11) is 0. The van der Waals surface area contributed by atoms with E-state index in [4.69, 9.17) is 0 Å². The van der Waals surface area contributed by atoms with Crippen molar-refractivity contribution in [3.63, 3.8) is 0 Å². The topological polar surface area (TPSA) is 61.4 Å². The van der Waals surface area contributed by atoms with Crippen molar-refractivity contribution in [1.82, 2.24) is 10.2 Å². The molecule has 5 rings (SSSR count). The van der Waals surface area contributed by atoms with Crippen LogP contribution in [0.5, 0.6) is 0 Å². The molecule has 2 saturated heterocycles. The molecule has 3 fully saturated rings. The van der Waals surface area contributed by atoms with Gasteiger partial charge in [-0.1, -0.05) is 24.3 Å². The van der Waals surface area contributed by atoms with Gasteiger partial charge in [-0.3, -0.25) is 9.69 Å². The minimum absolute atomic E-state index is 0.0254. The highest BCUT2D eigenvalue weighted by Gasteiger charge is 2.40. The Hall–Kier alpha value is -2.73. The Morgan fingerprint density at radius 3 is 2.69 bits per heavy atom. The van der Waals surface area contributed by atoms with E-state index in [1.807, 2.05) is 12.1 Å². The normalized spacial score (nSPS) is 22.5. The number of anilines is 1. The van der Waals surface area contributed by atoms with Crippen LogP contribution in [-0.2, 0) is 6.42 Å². The number of hydrogen-bond acceptors (Lipinski definition) is 3. The number of amides is 2. The Morgan fingerprint density at radius 1 is 1.12 bits per heavy atom. The van der Waals surface area contributed by atoms with Crippen molar-refractivity contribution in [1.29, 1.82) is 0 Å². The molecule has 2 heterocycles. The first kappa shape index (κ1) is 22.5. The number of piperidine rings is 2. The maximum Gasteiger partial charge on any atom is 0.319 e. The van der Waals surface area contributed by atoms with Crippen LogP contribution in [0.3, 0.4) is 0 Å². The Labute approximate surface area is 189 Å². The summed E-state index contributed by atoms with van der Waals surface area (Å²) in [5.41, 5.74) is 2.42. The third-order valence-corrected chi connectivity index (χ3v) is 6.86. The van der Waals surface area contributed by atoms with Crippen LogP contribution in [0.15, 0.2) is 48.5 Å². The maximum absolute atomic E-state index is 13.2. The fraction of sp³-hybridized carbons (Fsp3) is 0.462. The molecule has 0 spiro atoms. The molecule has 1 saturated carbocycles. The number of ketones is 1. The van der Waals surface area contributed by atoms with Gasteiger partial charge >= 0.3 is 6.03 Å². The number of fused-ring (bicyclic) bond motifs is 3. The standard InChI is InChI=1S/C26H32FN3O2/c1-18(31)21-4-2-5-24(16-21)29-26(32)28-12-3-13-30-17-20-8-11-25(30)22(15-20)14-19-6-9-23(27)10-7-19/h2,4-7,9-10,16,20,22,25H,3,8,11-15,17H2,1H3,(H2,28,29,32)/t20-,22-,25-/m0/s1. The molecule has 2 aliphatic heterocycles. The molecule has 0 radical (unpaired) electrons. The van der Waals surface area contributed by atoms with Crippen molar-refractivity contribution < 1.29 is 14.0 Å². The third kappa shape index (κ3) is 5.74. The summed E-state index contributed by atoms with van der Waals surface area (Å²) >= 11 is 0. The monoisotopic (exact) mass is 437 g/mol. The van der Waals surface area contributed by atoms with E-state index in [1.165, 1.54) is 31.7 Å². The zero-order chi connectivity index (χ0) is 22.5. The van der Waals surface area contributed by atoms with Crippen LogP contribution < -0.4 is 10.6 Å². The summed E-state index contributed by atoms with van der Waals surface area (Å²) in [5, 5.41) is 5.72. The Morgan fingerprint density at radius 2 is 1.94 bits per heavy atom. The third-order valence-electron chi connectivity index (χ3n) is 6.86. The molecule has 2 bridgehead atoms. The maximum atomic E-state index is 13.2. The van der Waals surface area contributed by atoms with Crippen LogP contribution in [-0.4, -0.2) is 42.4 Å². The van der Waals surface area contributed by atoms with Gasteiger partial charge in [0.1, 0.15) is 5.82 Å². The average Bonchev–Trinajstić information content (AvgIpc) is 2.79. The second kappa shape index (κ2) is 10.3. The first-order valence-corrected chi connectivity index (χ1v) is 11.6. The van der Waals surface area contributed by atoms with E-state index in [1.54, 1.807) is 36.4 Å². The summed E-state index contributed by atoms with van der Waals surface area (Å²) in [4.78, 5) is 26.3. The number of halogens is 1. The summed E-state index contributed by atoms with van der Waals surface area (Å²) in [5.74, 6) is 1.17. The van der Waals surface area contributed by atoms with Gasteiger partial charge in [0.05, 0.1) is 0 Å². The fourth-order valence-electron chi connectivity index (χ4n) is 5.33. The summed E-state index contributed by atoms with van der Waals surface area (Å²) in [6, 6.07) is 14.2. The lowest BCUT2D eigenvalue weighted by molar-refractivity contribution is 0.000976. The van der Waals surface area contributed by atoms with Gasteiger partial charge < -0.3 is 10.6 Å². The van der Waals surface area contributed by atoms with Crippen molar-refractivity contribution in [2.24, 2.45) is 11.8 Å². The van der Waals surface area contributed by atoms with Crippen LogP contribution in [0.2, 0.25) is 0 Å². The van der Waals surface area contributed by atoms with Crippen molar-refractivity contribution in [2.45, 2.75) is 45.1 Å². The molecular formula is C26H32FN3O2. The van der Waals surface area contributed by atoms with Crippen molar-refractivity contribution >= 4 is 17.5 Å². The van der Waals surface area contributed by atoms with Gasteiger partial charge in [-0.2, -0.15) is 0 Å². The number of benzene rings is 2. The average molecular weight is 438 g/mol. The van der Waals surface area contributed by atoms with E-state index in [0.717, 1.165) is 31.8 Å². The number of carbonyl (C=O) groups is 2. The highest BCUT2D eigenvalue weighted by molar-refractivity contribution is 5.96. The lowest BCUT2D eigenvalue weighted by Gasteiger charge is -2.50. The van der Waals surface area contributed by atoms with Gasteiger partial charge in [-0.05, 0) is 80.7 Å². The minimum atomic E-state index is -0.250. The number of carbonyl (C=O) groups excluding carboxylic acids is 2. The highest BCUT2D eigenvalue weighted by Crippen LogP contribution is 2.40. The first-order valence-electron chi connectivity index (χ1n) is 11.6. The molecular weight excluding hydrogens is 405 g/mol. The van der Waals surface area contributed by atoms with Crippen molar-refractivity contribution in [3.8, 4) is 0 Å². The fourth-order valence-corrected chi connectivity index (χ4v) is 5.33.